The topological polar surface area (TPSA) is 32.7 Å². The number of benzene rings is 2. The van der Waals surface area contributed by atoms with Gasteiger partial charge in [-0.3, -0.25) is 4.79 Å². The Morgan fingerprint density at radius 2 is 1.68 bits per heavy atom. The number of aliphatic imine (C=N–C) groups is 1. The van der Waals surface area contributed by atoms with E-state index in [0.29, 0.717) is 5.71 Å². The summed E-state index contributed by atoms with van der Waals surface area (Å²) in [5.74, 6) is -0.0539. The molecule has 0 spiro atoms. The van der Waals surface area contributed by atoms with Gasteiger partial charge in [-0.05, 0) is 25.1 Å². The summed E-state index contributed by atoms with van der Waals surface area (Å²) in [6.07, 6.45) is 0. The zero-order valence-corrected chi connectivity index (χ0v) is 10.9. The van der Waals surface area contributed by atoms with Crippen LogP contribution in [0.1, 0.15) is 11.1 Å². The van der Waals surface area contributed by atoms with Gasteiger partial charge in [0.15, 0.2) is 0 Å². The van der Waals surface area contributed by atoms with Crippen molar-refractivity contribution in [2.45, 2.75) is 6.92 Å². The van der Waals surface area contributed by atoms with Crippen molar-refractivity contribution in [3.63, 3.8) is 0 Å². The molecule has 0 atom stereocenters. The van der Waals surface area contributed by atoms with E-state index in [1.54, 1.807) is 11.9 Å². The number of likely N-dealkylation sites (N-methyl/N-ethyl adjacent to an activating group) is 1. The number of aryl methyl sites for hydroxylation is 1. The van der Waals surface area contributed by atoms with E-state index in [4.69, 9.17) is 0 Å². The van der Waals surface area contributed by atoms with Crippen LogP contribution in [0, 0.1) is 6.92 Å². The lowest BCUT2D eigenvalue weighted by Crippen LogP contribution is -2.25. The lowest BCUT2D eigenvalue weighted by molar-refractivity contribution is -0.111. The van der Waals surface area contributed by atoms with E-state index >= 15 is 0 Å². The van der Waals surface area contributed by atoms with Crippen LogP contribution in [0.15, 0.2) is 53.5 Å². The number of amides is 1. The normalized spacial score (nSPS) is 16.0. The lowest BCUT2D eigenvalue weighted by atomic mass is 10.1. The van der Waals surface area contributed by atoms with E-state index in [1.807, 2.05) is 55.5 Å². The predicted octanol–water partition coefficient (Wildman–Crippen LogP) is 3.09. The number of hydrogen-bond acceptors (Lipinski definition) is 2. The summed E-state index contributed by atoms with van der Waals surface area (Å²) in [4.78, 5) is 18.4. The second-order valence-corrected chi connectivity index (χ2v) is 4.68. The molecule has 1 aliphatic rings. The molecule has 0 aromatic heterocycles. The predicted molar refractivity (Wildman–Crippen MR) is 77.2 cm³/mol. The van der Waals surface area contributed by atoms with Crippen LogP contribution in [0.4, 0.5) is 11.4 Å². The monoisotopic (exact) mass is 250 g/mol. The molecule has 3 rings (SSSR count). The average molecular weight is 250 g/mol. The van der Waals surface area contributed by atoms with Crippen LogP contribution >= 0.6 is 0 Å². The molecule has 0 aliphatic carbocycles. The van der Waals surface area contributed by atoms with Crippen molar-refractivity contribution in [1.82, 2.24) is 0 Å². The van der Waals surface area contributed by atoms with Gasteiger partial charge in [0, 0.05) is 12.6 Å². The molecule has 0 saturated heterocycles. The summed E-state index contributed by atoms with van der Waals surface area (Å²) in [7, 11) is 1.78. The fourth-order valence-electron chi connectivity index (χ4n) is 2.21. The van der Waals surface area contributed by atoms with Crippen LogP contribution in [-0.2, 0) is 4.79 Å². The molecule has 19 heavy (non-hydrogen) atoms. The molecular formula is C16H14N2O. The van der Waals surface area contributed by atoms with Crippen molar-refractivity contribution in [1.29, 1.82) is 0 Å². The van der Waals surface area contributed by atoms with Crippen LogP contribution in [0.2, 0.25) is 0 Å². The van der Waals surface area contributed by atoms with Crippen LogP contribution in [0.3, 0.4) is 0 Å². The highest BCUT2D eigenvalue weighted by atomic mass is 16.2. The maximum atomic E-state index is 12.2. The Morgan fingerprint density at radius 1 is 1.00 bits per heavy atom. The molecule has 1 amide bonds. The van der Waals surface area contributed by atoms with Gasteiger partial charge in [-0.2, -0.15) is 0 Å². The van der Waals surface area contributed by atoms with Gasteiger partial charge in [0.25, 0.3) is 5.91 Å². The quantitative estimate of drug-likeness (QED) is 0.765. The van der Waals surface area contributed by atoms with E-state index in [0.717, 1.165) is 16.9 Å². The number of nitrogens with zero attached hydrogens (tertiary/aromatic N) is 2. The van der Waals surface area contributed by atoms with Crippen molar-refractivity contribution >= 4 is 23.0 Å². The number of rotatable bonds is 1. The van der Waals surface area contributed by atoms with Crippen LogP contribution in [0.5, 0.6) is 0 Å². The van der Waals surface area contributed by atoms with Crippen molar-refractivity contribution in [3.05, 3.63) is 59.7 Å². The minimum atomic E-state index is -0.0539. The Morgan fingerprint density at radius 3 is 2.42 bits per heavy atom. The molecular weight excluding hydrogens is 236 g/mol. The van der Waals surface area contributed by atoms with Gasteiger partial charge in [0.2, 0.25) is 0 Å². The molecule has 0 bridgehead atoms. The molecule has 3 nitrogen and oxygen atoms in total. The summed E-state index contributed by atoms with van der Waals surface area (Å²) >= 11 is 0. The summed E-state index contributed by atoms with van der Waals surface area (Å²) in [5.41, 5.74) is 4.31. The Labute approximate surface area is 112 Å². The maximum Gasteiger partial charge on any atom is 0.277 e. The highest BCUT2D eigenvalue weighted by Crippen LogP contribution is 2.29. The van der Waals surface area contributed by atoms with Gasteiger partial charge in [0.05, 0.1) is 11.4 Å². The smallest absolute Gasteiger partial charge is 0.277 e. The van der Waals surface area contributed by atoms with E-state index in [-0.39, 0.29) is 5.91 Å². The van der Waals surface area contributed by atoms with Crippen LogP contribution in [0.25, 0.3) is 0 Å². The summed E-state index contributed by atoms with van der Waals surface area (Å²) in [6, 6.07) is 15.6. The first-order chi connectivity index (χ1) is 9.16. The van der Waals surface area contributed by atoms with Crippen molar-refractivity contribution in [2.24, 2.45) is 4.99 Å². The summed E-state index contributed by atoms with van der Waals surface area (Å²) in [6.45, 7) is 2.03. The molecule has 94 valence electrons. The Balaban J connectivity index is 2.10. The molecule has 0 saturated carbocycles. The lowest BCUT2D eigenvalue weighted by Gasteiger charge is -2.07. The molecule has 0 unspecified atom stereocenters. The van der Waals surface area contributed by atoms with Crippen LogP contribution in [-0.4, -0.2) is 18.7 Å². The minimum Gasteiger partial charge on any atom is -0.309 e. The number of carbonyl (C=O) groups is 1. The number of hydrogen-bond donors (Lipinski definition) is 0. The molecule has 3 heteroatoms. The standard InChI is InChI=1S/C16H14N2O/c1-11-7-9-12(10-8-11)17-15-13-5-3-4-6-14(13)18(2)16(15)19/h3-10H,1-2H3. The first-order valence-electron chi connectivity index (χ1n) is 6.19. The third-order valence-corrected chi connectivity index (χ3v) is 3.30. The van der Waals surface area contributed by atoms with E-state index in [2.05, 4.69) is 4.99 Å². The second kappa shape index (κ2) is 4.35. The highest BCUT2D eigenvalue weighted by molar-refractivity contribution is 6.54. The molecule has 1 heterocycles. The summed E-state index contributed by atoms with van der Waals surface area (Å²) < 4.78 is 0. The number of fused-ring (bicyclic) bond motifs is 1. The molecule has 2 aromatic carbocycles. The molecule has 0 fully saturated rings. The van der Waals surface area contributed by atoms with E-state index in [9.17, 15) is 4.79 Å². The van der Waals surface area contributed by atoms with Gasteiger partial charge >= 0.3 is 0 Å². The first kappa shape index (κ1) is 11.7. The van der Waals surface area contributed by atoms with Crippen molar-refractivity contribution < 1.29 is 4.79 Å². The summed E-state index contributed by atoms with van der Waals surface area (Å²) in [5, 5.41) is 0. The third kappa shape index (κ3) is 1.93. The molecule has 2 aromatic rings. The van der Waals surface area contributed by atoms with Gasteiger partial charge < -0.3 is 4.90 Å². The first-order valence-corrected chi connectivity index (χ1v) is 6.19. The molecule has 0 N–H and O–H groups in total. The SMILES string of the molecule is Cc1ccc(N=C2C(=O)N(C)c3ccccc32)cc1. The van der Waals surface area contributed by atoms with Gasteiger partial charge in [-0.1, -0.05) is 35.9 Å². The fourth-order valence-corrected chi connectivity index (χ4v) is 2.21. The maximum absolute atomic E-state index is 12.2. The van der Waals surface area contributed by atoms with Crippen molar-refractivity contribution in [3.8, 4) is 0 Å². The second-order valence-electron chi connectivity index (χ2n) is 4.68. The zero-order valence-electron chi connectivity index (χ0n) is 10.9. The van der Waals surface area contributed by atoms with Crippen molar-refractivity contribution in [2.75, 3.05) is 11.9 Å². The fraction of sp³-hybridized carbons (Fsp3) is 0.125. The number of anilines is 1. The van der Waals surface area contributed by atoms with E-state index < -0.39 is 0 Å². The number of carbonyl (C=O) groups excluding carboxylic acids is 1. The largest absolute Gasteiger partial charge is 0.309 e. The van der Waals surface area contributed by atoms with Crippen LogP contribution < -0.4 is 4.90 Å². The van der Waals surface area contributed by atoms with E-state index in [1.165, 1.54) is 5.56 Å². The molecule has 1 aliphatic heterocycles. The Bertz CT molecular complexity index is 671. The number of para-hydroxylation sites is 1. The Hall–Kier alpha value is -2.42. The Kier molecular flexibility index (Phi) is 2.67. The molecule has 0 radical (unpaired) electrons. The minimum absolute atomic E-state index is 0.0539. The van der Waals surface area contributed by atoms with Gasteiger partial charge in [-0.25, -0.2) is 4.99 Å². The third-order valence-electron chi connectivity index (χ3n) is 3.30. The van der Waals surface area contributed by atoms with Gasteiger partial charge in [-0.15, -0.1) is 0 Å². The average Bonchev–Trinajstić information content (AvgIpc) is 2.67. The van der Waals surface area contributed by atoms with Gasteiger partial charge in [0.1, 0.15) is 5.71 Å². The highest BCUT2D eigenvalue weighted by Gasteiger charge is 2.30. The zero-order chi connectivity index (χ0) is 13.4.